The molecule has 0 aliphatic carbocycles. The molecule has 4 heterocycles. The molecule has 2 aliphatic rings. The first kappa shape index (κ1) is 16.2. The van der Waals surface area contributed by atoms with Crippen LogP contribution in [0.2, 0.25) is 0 Å². The lowest BCUT2D eigenvalue weighted by atomic mass is 10.0. The molecule has 7 heteroatoms. The quantitative estimate of drug-likeness (QED) is 0.821. The maximum Gasteiger partial charge on any atom is 0.218 e. The molecular formula is C18H22N4O3. The standard InChI is InChI=1S/C18H22N4O3/c1-23-17-9-16(20-12-21-17)22-10-15(18-14(22)3-2-8-24-18)25-11-13-4-6-19-7-5-13/h4-7,9,12,14-15,18H,2-3,8,10-11H2,1H3/t14-,15+,18+/m1/s1. The zero-order chi connectivity index (χ0) is 17.1. The van der Waals surface area contributed by atoms with E-state index in [4.69, 9.17) is 14.2 Å². The molecule has 2 aromatic heterocycles. The zero-order valence-electron chi connectivity index (χ0n) is 14.2. The van der Waals surface area contributed by atoms with Crippen LogP contribution in [-0.2, 0) is 16.1 Å². The van der Waals surface area contributed by atoms with Gasteiger partial charge in [0.1, 0.15) is 24.4 Å². The fourth-order valence-electron chi connectivity index (χ4n) is 3.60. The second kappa shape index (κ2) is 7.33. The number of rotatable bonds is 5. The van der Waals surface area contributed by atoms with E-state index in [-0.39, 0.29) is 18.2 Å². The number of methoxy groups -OCH3 is 1. The second-order valence-corrected chi connectivity index (χ2v) is 6.32. The lowest BCUT2D eigenvalue weighted by molar-refractivity contribution is -0.0784. The monoisotopic (exact) mass is 342 g/mol. The van der Waals surface area contributed by atoms with Gasteiger partial charge in [-0.2, -0.15) is 0 Å². The smallest absolute Gasteiger partial charge is 0.218 e. The number of fused-ring (bicyclic) bond motifs is 1. The summed E-state index contributed by atoms with van der Waals surface area (Å²) in [5.74, 6) is 1.43. The van der Waals surface area contributed by atoms with Gasteiger partial charge in [0.05, 0.1) is 19.8 Å². The number of ether oxygens (including phenoxy) is 3. The van der Waals surface area contributed by atoms with Gasteiger partial charge in [-0.15, -0.1) is 0 Å². The van der Waals surface area contributed by atoms with Gasteiger partial charge >= 0.3 is 0 Å². The number of nitrogens with zero attached hydrogens (tertiary/aromatic N) is 4. The first-order valence-electron chi connectivity index (χ1n) is 8.60. The Bertz CT molecular complexity index is 700. The zero-order valence-corrected chi connectivity index (χ0v) is 14.2. The molecule has 0 unspecified atom stereocenters. The Balaban J connectivity index is 1.51. The Morgan fingerprint density at radius 1 is 1.28 bits per heavy atom. The first-order valence-corrected chi connectivity index (χ1v) is 8.60. The van der Waals surface area contributed by atoms with Gasteiger partial charge < -0.3 is 19.1 Å². The van der Waals surface area contributed by atoms with Gasteiger partial charge in [-0.1, -0.05) is 0 Å². The van der Waals surface area contributed by atoms with E-state index in [1.165, 1.54) is 6.33 Å². The molecule has 0 amide bonds. The Morgan fingerprint density at radius 3 is 3.00 bits per heavy atom. The fraction of sp³-hybridized carbons (Fsp3) is 0.500. The molecule has 0 aromatic carbocycles. The van der Waals surface area contributed by atoms with Crippen LogP contribution in [0.25, 0.3) is 0 Å². The van der Waals surface area contributed by atoms with Crippen LogP contribution in [0.3, 0.4) is 0 Å². The minimum Gasteiger partial charge on any atom is -0.481 e. The fourth-order valence-corrected chi connectivity index (χ4v) is 3.60. The summed E-state index contributed by atoms with van der Waals surface area (Å²) in [4.78, 5) is 14.8. The van der Waals surface area contributed by atoms with Crippen LogP contribution < -0.4 is 9.64 Å². The number of pyridine rings is 1. The van der Waals surface area contributed by atoms with Crippen LogP contribution in [-0.4, -0.2) is 53.5 Å². The molecule has 25 heavy (non-hydrogen) atoms. The van der Waals surface area contributed by atoms with Crippen LogP contribution in [0.15, 0.2) is 36.9 Å². The predicted molar refractivity (Wildman–Crippen MR) is 91.5 cm³/mol. The highest BCUT2D eigenvalue weighted by Gasteiger charge is 2.45. The maximum absolute atomic E-state index is 6.20. The average molecular weight is 342 g/mol. The largest absolute Gasteiger partial charge is 0.481 e. The molecule has 2 fully saturated rings. The van der Waals surface area contributed by atoms with Crippen LogP contribution in [0.1, 0.15) is 18.4 Å². The predicted octanol–water partition coefficient (Wildman–Crippen LogP) is 1.83. The topological polar surface area (TPSA) is 69.6 Å². The molecule has 132 valence electrons. The third-order valence-electron chi connectivity index (χ3n) is 4.82. The molecule has 7 nitrogen and oxygen atoms in total. The summed E-state index contributed by atoms with van der Waals surface area (Å²) in [6.07, 6.45) is 7.32. The van der Waals surface area contributed by atoms with Crippen molar-refractivity contribution in [2.24, 2.45) is 0 Å². The normalized spacial score (nSPS) is 25.6. The van der Waals surface area contributed by atoms with Crippen molar-refractivity contribution in [2.45, 2.75) is 37.7 Å². The van der Waals surface area contributed by atoms with Gasteiger partial charge in [0, 0.05) is 31.6 Å². The van der Waals surface area contributed by atoms with Gasteiger partial charge in [-0.3, -0.25) is 4.98 Å². The van der Waals surface area contributed by atoms with Crippen LogP contribution in [0, 0.1) is 0 Å². The van der Waals surface area contributed by atoms with Crippen LogP contribution in [0.4, 0.5) is 5.82 Å². The summed E-state index contributed by atoms with van der Waals surface area (Å²) in [6.45, 7) is 2.10. The summed E-state index contributed by atoms with van der Waals surface area (Å²) in [5.41, 5.74) is 1.12. The summed E-state index contributed by atoms with van der Waals surface area (Å²) < 4.78 is 17.5. The van der Waals surface area contributed by atoms with E-state index in [9.17, 15) is 0 Å². The van der Waals surface area contributed by atoms with Crippen molar-refractivity contribution < 1.29 is 14.2 Å². The minimum absolute atomic E-state index is 0.0134. The summed E-state index contributed by atoms with van der Waals surface area (Å²) in [7, 11) is 1.61. The lowest BCUT2D eigenvalue weighted by Crippen LogP contribution is -2.42. The van der Waals surface area contributed by atoms with Crippen molar-refractivity contribution in [3.05, 3.63) is 42.5 Å². The Kier molecular flexibility index (Phi) is 4.76. The van der Waals surface area contributed by atoms with E-state index in [0.29, 0.717) is 12.5 Å². The van der Waals surface area contributed by atoms with E-state index in [1.807, 2.05) is 18.2 Å². The molecule has 0 spiro atoms. The van der Waals surface area contributed by atoms with E-state index in [2.05, 4.69) is 19.9 Å². The Morgan fingerprint density at radius 2 is 2.16 bits per heavy atom. The van der Waals surface area contributed by atoms with Crippen molar-refractivity contribution in [3.8, 4) is 5.88 Å². The van der Waals surface area contributed by atoms with Gasteiger partial charge in [0.25, 0.3) is 0 Å². The minimum atomic E-state index is 0.0134. The summed E-state index contributed by atoms with van der Waals surface area (Å²) >= 11 is 0. The van der Waals surface area contributed by atoms with E-state index in [0.717, 1.165) is 37.4 Å². The second-order valence-electron chi connectivity index (χ2n) is 6.32. The molecule has 3 atom stereocenters. The van der Waals surface area contributed by atoms with Crippen molar-refractivity contribution in [2.75, 3.05) is 25.2 Å². The highest BCUT2D eigenvalue weighted by molar-refractivity contribution is 5.45. The van der Waals surface area contributed by atoms with Crippen molar-refractivity contribution >= 4 is 5.82 Å². The summed E-state index contributed by atoms with van der Waals surface area (Å²) in [6, 6.07) is 6.09. The molecule has 0 saturated carbocycles. The number of hydrogen-bond donors (Lipinski definition) is 0. The van der Waals surface area contributed by atoms with E-state index >= 15 is 0 Å². The molecule has 0 bridgehead atoms. The van der Waals surface area contributed by atoms with Crippen LogP contribution >= 0.6 is 0 Å². The number of aromatic nitrogens is 3. The maximum atomic E-state index is 6.20. The van der Waals surface area contributed by atoms with E-state index < -0.39 is 0 Å². The molecular weight excluding hydrogens is 320 g/mol. The van der Waals surface area contributed by atoms with Crippen molar-refractivity contribution in [1.29, 1.82) is 0 Å². The SMILES string of the molecule is COc1cc(N2C[C@H](OCc3ccncc3)[C@H]3OCCC[C@H]32)ncn1. The molecule has 2 aliphatic heterocycles. The highest BCUT2D eigenvalue weighted by Crippen LogP contribution is 2.34. The molecule has 0 N–H and O–H groups in total. The number of hydrogen-bond acceptors (Lipinski definition) is 7. The van der Waals surface area contributed by atoms with Gasteiger partial charge in [0.15, 0.2) is 0 Å². The lowest BCUT2D eigenvalue weighted by Gasteiger charge is -2.32. The Labute approximate surface area is 147 Å². The Hall–Kier alpha value is -2.25. The third-order valence-corrected chi connectivity index (χ3v) is 4.82. The van der Waals surface area contributed by atoms with Crippen molar-refractivity contribution in [3.63, 3.8) is 0 Å². The average Bonchev–Trinajstić information content (AvgIpc) is 3.06. The molecule has 0 radical (unpaired) electrons. The molecule has 4 rings (SSSR count). The van der Waals surface area contributed by atoms with Gasteiger partial charge in [-0.25, -0.2) is 9.97 Å². The summed E-state index contributed by atoms with van der Waals surface area (Å²) in [5, 5.41) is 0. The first-order chi connectivity index (χ1) is 12.3. The van der Waals surface area contributed by atoms with E-state index in [1.54, 1.807) is 19.5 Å². The molecule has 2 saturated heterocycles. The van der Waals surface area contributed by atoms with Gasteiger partial charge in [0.2, 0.25) is 5.88 Å². The third kappa shape index (κ3) is 3.43. The van der Waals surface area contributed by atoms with Crippen molar-refractivity contribution in [1.82, 2.24) is 15.0 Å². The van der Waals surface area contributed by atoms with Crippen LogP contribution in [0.5, 0.6) is 5.88 Å². The molecule has 2 aromatic rings. The van der Waals surface area contributed by atoms with Gasteiger partial charge in [-0.05, 0) is 30.5 Å². The highest BCUT2D eigenvalue weighted by atomic mass is 16.5. The number of anilines is 1.